The number of nitrogens with one attached hydrogen (secondary N) is 1. The molecule has 0 spiro atoms. The van der Waals surface area contributed by atoms with Crippen molar-refractivity contribution in [3.63, 3.8) is 0 Å². The molecule has 0 aliphatic carbocycles. The van der Waals surface area contributed by atoms with Crippen molar-refractivity contribution >= 4 is 18.2 Å². The fourth-order valence-electron chi connectivity index (χ4n) is 2.41. The summed E-state index contributed by atoms with van der Waals surface area (Å²) in [6.07, 6.45) is 0.730. The monoisotopic (exact) mass is 351 g/mol. The van der Waals surface area contributed by atoms with Gasteiger partial charge in [-0.2, -0.15) is 0 Å². The number of aromatic hydroxyl groups is 3. The van der Waals surface area contributed by atoms with E-state index in [4.69, 9.17) is 0 Å². The van der Waals surface area contributed by atoms with Crippen LogP contribution in [0.15, 0.2) is 36.4 Å². The maximum Gasteiger partial charge on any atom is 0.177 e. The molecule has 0 aromatic heterocycles. The molecule has 0 bridgehead atoms. The molecule has 1 unspecified atom stereocenters. The fourth-order valence-corrected chi connectivity index (χ4v) is 2.41. The van der Waals surface area contributed by atoms with E-state index < -0.39 is 0 Å². The summed E-state index contributed by atoms with van der Waals surface area (Å²) in [7, 11) is 0. The van der Waals surface area contributed by atoms with Crippen molar-refractivity contribution in [2.75, 3.05) is 6.54 Å². The smallest absolute Gasteiger partial charge is 0.177 e. The minimum Gasteiger partial charge on any atom is -0.508 e. The van der Waals surface area contributed by atoms with Crippen molar-refractivity contribution in [3.8, 4) is 17.2 Å². The Morgan fingerprint density at radius 1 is 1.08 bits per heavy atom. The Bertz CT molecular complexity index is 701. The number of halogens is 1. The summed E-state index contributed by atoms with van der Waals surface area (Å²) in [5.74, 6) is -0.400. The van der Waals surface area contributed by atoms with Gasteiger partial charge in [0.05, 0.1) is 6.54 Å². The largest absolute Gasteiger partial charge is 0.508 e. The summed E-state index contributed by atoms with van der Waals surface area (Å²) in [5.41, 5.74) is 1.83. The minimum atomic E-state index is -0.256. The second kappa shape index (κ2) is 8.57. The lowest BCUT2D eigenvalue weighted by atomic mass is 10.0. The summed E-state index contributed by atoms with van der Waals surface area (Å²) in [5, 5.41) is 31.5. The lowest BCUT2D eigenvalue weighted by molar-refractivity contribution is 0.0986. The third-order valence-corrected chi connectivity index (χ3v) is 3.80. The quantitative estimate of drug-likeness (QED) is 0.474. The first-order chi connectivity index (χ1) is 10.9. The average Bonchev–Trinajstić information content (AvgIpc) is 2.53. The van der Waals surface area contributed by atoms with E-state index in [2.05, 4.69) is 5.32 Å². The summed E-state index contributed by atoms with van der Waals surface area (Å²) >= 11 is 0. The molecule has 0 fully saturated rings. The molecule has 4 N–H and O–H groups in total. The molecule has 0 saturated carbocycles. The van der Waals surface area contributed by atoms with Gasteiger partial charge in [-0.25, -0.2) is 0 Å². The van der Waals surface area contributed by atoms with Crippen molar-refractivity contribution in [3.05, 3.63) is 53.1 Å². The van der Waals surface area contributed by atoms with Crippen LogP contribution in [0.1, 0.15) is 28.4 Å². The van der Waals surface area contributed by atoms with E-state index in [0.29, 0.717) is 11.1 Å². The summed E-state index contributed by atoms with van der Waals surface area (Å²) in [6, 6.07) is 9.86. The molecule has 2 rings (SSSR count). The summed E-state index contributed by atoms with van der Waals surface area (Å²) in [6.45, 7) is 3.72. The lowest BCUT2D eigenvalue weighted by Gasteiger charge is -2.14. The highest BCUT2D eigenvalue weighted by molar-refractivity contribution is 5.99. The molecule has 0 amide bonds. The van der Waals surface area contributed by atoms with Crippen LogP contribution in [0.4, 0.5) is 0 Å². The molecule has 2 aromatic carbocycles. The molecular formula is C18H22ClNO4. The van der Waals surface area contributed by atoms with Gasteiger partial charge in [0.15, 0.2) is 17.3 Å². The van der Waals surface area contributed by atoms with Gasteiger partial charge in [0.1, 0.15) is 5.75 Å². The highest BCUT2D eigenvalue weighted by atomic mass is 35.5. The highest BCUT2D eigenvalue weighted by Gasteiger charge is 2.15. The van der Waals surface area contributed by atoms with Gasteiger partial charge >= 0.3 is 0 Å². The SMILES string of the molecule is Cc1c(C(=O)CNC(C)Cc2ccc(O)cc2)ccc(O)c1O.Cl. The molecule has 1 atom stereocenters. The van der Waals surface area contributed by atoms with Gasteiger partial charge in [-0.15, -0.1) is 12.4 Å². The number of carbonyl (C=O) groups is 1. The van der Waals surface area contributed by atoms with Gasteiger partial charge in [0.2, 0.25) is 0 Å². The van der Waals surface area contributed by atoms with Gasteiger partial charge in [-0.1, -0.05) is 12.1 Å². The normalized spacial score (nSPS) is 11.6. The van der Waals surface area contributed by atoms with Crippen LogP contribution >= 0.6 is 12.4 Å². The van der Waals surface area contributed by atoms with Crippen LogP contribution in [0.3, 0.4) is 0 Å². The zero-order valence-electron chi connectivity index (χ0n) is 13.6. The lowest BCUT2D eigenvalue weighted by Crippen LogP contribution is -2.33. The Hall–Kier alpha value is -2.24. The van der Waals surface area contributed by atoms with Crippen LogP contribution in [0, 0.1) is 6.92 Å². The maximum atomic E-state index is 12.2. The van der Waals surface area contributed by atoms with Crippen LogP contribution in [-0.2, 0) is 6.42 Å². The van der Waals surface area contributed by atoms with Crippen LogP contribution in [0.5, 0.6) is 17.2 Å². The first-order valence-corrected chi connectivity index (χ1v) is 7.44. The van der Waals surface area contributed by atoms with E-state index in [1.54, 1.807) is 19.1 Å². The van der Waals surface area contributed by atoms with E-state index in [9.17, 15) is 20.1 Å². The van der Waals surface area contributed by atoms with Gasteiger partial charge in [-0.3, -0.25) is 4.79 Å². The first-order valence-electron chi connectivity index (χ1n) is 7.44. The standard InChI is InChI=1S/C18H21NO4.ClH/c1-11(9-13-3-5-14(20)6-4-13)19-10-17(22)15-7-8-16(21)18(23)12(15)2;/h3-8,11,19-21,23H,9-10H2,1-2H3;1H. The van der Waals surface area contributed by atoms with E-state index in [-0.39, 0.29) is 48.0 Å². The number of Topliss-reactive ketones (excluding diaryl/α,β-unsaturated/α-hetero) is 1. The number of hydrogen-bond donors (Lipinski definition) is 4. The second-order valence-electron chi connectivity index (χ2n) is 5.68. The van der Waals surface area contributed by atoms with E-state index in [0.717, 1.165) is 12.0 Å². The van der Waals surface area contributed by atoms with Crippen molar-refractivity contribution < 1.29 is 20.1 Å². The molecule has 0 radical (unpaired) electrons. The maximum absolute atomic E-state index is 12.2. The number of rotatable bonds is 6. The van der Waals surface area contributed by atoms with Gasteiger partial charge in [0.25, 0.3) is 0 Å². The molecule has 0 saturated heterocycles. The molecule has 0 heterocycles. The number of benzene rings is 2. The van der Waals surface area contributed by atoms with Crippen molar-refractivity contribution in [2.45, 2.75) is 26.3 Å². The third-order valence-electron chi connectivity index (χ3n) is 3.80. The first kappa shape index (κ1) is 19.8. The molecular weight excluding hydrogens is 330 g/mol. The highest BCUT2D eigenvalue weighted by Crippen LogP contribution is 2.30. The molecule has 0 aliphatic heterocycles. The van der Waals surface area contributed by atoms with Crippen LogP contribution in [0.2, 0.25) is 0 Å². The average molecular weight is 352 g/mol. The molecule has 2 aromatic rings. The fraction of sp³-hybridized carbons (Fsp3) is 0.278. The van der Waals surface area contributed by atoms with Crippen LogP contribution < -0.4 is 5.32 Å². The van der Waals surface area contributed by atoms with E-state index in [1.165, 1.54) is 12.1 Å². The number of phenolic OH excluding ortho intramolecular Hbond substituents is 3. The molecule has 5 nitrogen and oxygen atoms in total. The van der Waals surface area contributed by atoms with Crippen LogP contribution in [-0.4, -0.2) is 33.7 Å². The number of hydrogen-bond acceptors (Lipinski definition) is 5. The molecule has 6 heteroatoms. The predicted octanol–water partition coefficient (Wildman–Crippen LogP) is 2.94. The Kier molecular flexibility index (Phi) is 7.07. The number of phenols is 3. The van der Waals surface area contributed by atoms with E-state index in [1.807, 2.05) is 19.1 Å². The van der Waals surface area contributed by atoms with Gasteiger partial charge in [0, 0.05) is 17.2 Å². The molecule has 130 valence electrons. The predicted molar refractivity (Wildman–Crippen MR) is 95.4 cm³/mol. The second-order valence-corrected chi connectivity index (χ2v) is 5.68. The van der Waals surface area contributed by atoms with Crippen molar-refractivity contribution in [1.82, 2.24) is 5.32 Å². The topological polar surface area (TPSA) is 89.8 Å². The van der Waals surface area contributed by atoms with Gasteiger partial charge in [-0.05, 0) is 50.1 Å². The zero-order valence-corrected chi connectivity index (χ0v) is 14.4. The third kappa shape index (κ3) is 4.88. The number of ketones is 1. The minimum absolute atomic E-state index is 0. The van der Waals surface area contributed by atoms with Gasteiger partial charge < -0.3 is 20.6 Å². The summed E-state index contributed by atoms with van der Waals surface area (Å²) < 4.78 is 0. The van der Waals surface area contributed by atoms with Crippen molar-refractivity contribution in [1.29, 1.82) is 0 Å². The molecule has 24 heavy (non-hydrogen) atoms. The van der Waals surface area contributed by atoms with Crippen molar-refractivity contribution in [2.24, 2.45) is 0 Å². The molecule has 0 aliphatic rings. The Labute approximate surface area is 147 Å². The summed E-state index contributed by atoms with van der Waals surface area (Å²) in [4.78, 5) is 12.2. The Balaban J connectivity index is 0.00000288. The Morgan fingerprint density at radius 3 is 2.33 bits per heavy atom. The number of carbonyl (C=O) groups excluding carboxylic acids is 1. The van der Waals surface area contributed by atoms with Crippen LogP contribution in [0.25, 0.3) is 0 Å². The zero-order chi connectivity index (χ0) is 17.0. The Morgan fingerprint density at radius 2 is 1.71 bits per heavy atom. The van der Waals surface area contributed by atoms with E-state index >= 15 is 0 Å².